The fraction of sp³-hybridized carbons (Fsp3) is 0.143. The zero-order chi connectivity index (χ0) is 14.2. The lowest BCUT2D eigenvalue weighted by atomic mass is 10.2. The number of nitriles is 2. The lowest BCUT2D eigenvalue weighted by Gasteiger charge is -2.11. The summed E-state index contributed by atoms with van der Waals surface area (Å²) in [7, 11) is 0. The van der Waals surface area contributed by atoms with Crippen molar-refractivity contribution in [3.63, 3.8) is 0 Å². The van der Waals surface area contributed by atoms with Gasteiger partial charge in [-0.2, -0.15) is 10.5 Å². The molecule has 19 heavy (non-hydrogen) atoms. The SMILES string of the molecule is Cc1c(C#N)c(N)n(-c2ccc(C#N)cc2Br)c1C. The van der Waals surface area contributed by atoms with Crippen molar-refractivity contribution in [1.29, 1.82) is 10.5 Å². The predicted octanol–water partition coefficient (Wildman–Crippen LogP) is 3.18. The Morgan fingerprint density at radius 2 is 1.89 bits per heavy atom. The Kier molecular flexibility index (Phi) is 3.33. The van der Waals surface area contributed by atoms with Crippen molar-refractivity contribution in [2.24, 2.45) is 0 Å². The third-order valence-electron chi connectivity index (χ3n) is 3.18. The zero-order valence-electron chi connectivity index (χ0n) is 10.5. The molecule has 0 saturated carbocycles. The van der Waals surface area contributed by atoms with Crippen molar-refractivity contribution in [1.82, 2.24) is 4.57 Å². The largest absolute Gasteiger partial charge is 0.384 e. The molecule has 5 heteroatoms. The standard InChI is InChI=1S/C14H11BrN4/c1-8-9(2)19(14(18)11(8)7-17)13-4-3-10(6-16)5-12(13)15/h3-5H,18H2,1-2H3. The van der Waals surface area contributed by atoms with Crippen molar-refractivity contribution < 1.29 is 0 Å². The molecule has 0 aliphatic heterocycles. The summed E-state index contributed by atoms with van der Waals surface area (Å²) in [5, 5.41) is 18.0. The molecule has 0 amide bonds. The number of nitrogens with zero attached hydrogens (tertiary/aromatic N) is 3. The Labute approximate surface area is 119 Å². The smallest absolute Gasteiger partial charge is 0.126 e. The van der Waals surface area contributed by atoms with E-state index >= 15 is 0 Å². The van der Waals surface area contributed by atoms with E-state index < -0.39 is 0 Å². The van der Waals surface area contributed by atoms with Gasteiger partial charge in [0.2, 0.25) is 0 Å². The first-order chi connectivity index (χ1) is 9.01. The van der Waals surface area contributed by atoms with Crippen LogP contribution < -0.4 is 5.73 Å². The predicted molar refractivity (Wildman–Crippen MR) is 76.8 cm³/mol. The fourth-order valence-corrected chi connectivity index (χ4v) is 2.60. The molecule has 2 N–H and O–H groups in total. The normalized spacial score (nSPS) is 9.95. The van der Waals surface area contributed by atoms with Crippen molar-refractivity contribution in [3.05, 3.63) is 45.1 Å². The zero-order valence-corrected chi connectivity index (χ0v) is 12.1. The molecule has 2 aromatic rings. The molecular weight excluding hydrogens is 304 g/mol. The minimum atomic E-state index is 0.419. The van der Waals surface area contributed by atoms with Gasteiger partial charge in [-0.3, -0.25) is 4.57 Å². The van der Waals surface area contributed by atoms with E-state index in [0.717, 1.165) is 21.4 Å². The van der Waals surface area contributed by atoms with E-state index in [1.807, 2.05) is 24.5 Å². The van der Waals surface area contributed by atoms with Gasteiger partial charge in [0, 0.05) is 10.2 Å². The summed E-state index contributed by atoms with van der Waals surface area (Å²) in [5.41, 5.74) is 9.71. The third-order valence-corrected chi connectivity index (χ3v) is 3.81. The van der Waals surface area contributed by atoms with E-state index in [4.69, 9.17) is 16.3 Å². The van der Waals surface area contributed by atoms with Gasteiger partial charge in [0.15, 0.2) is 0 Å². The van der Waals surface area contributed by atoms with Crippen LogP contribution in [0.4, 0.5) is 5.82 Å². The van der Waals surface area contributed by atoms with Crippen LogP contribution in [0.3, 0.4) is 0 Å². The summed E-state index contributed by atoms with van der Waals surface area (Å²) in [4.78, 5) is 0. The Morgan fingerprint density at radius 3 is 2.37 bits per heavy atom. The third kappa shape index (κ3) is 1.99. The second kappa shape index (κ2) is 4.79. The number of aromatic nitrogens is 1. The molecule has 1 heterocycles. The number of benzene rings is 1. The van der Waals surface area contributed by atoms with Gasteiger partial charge in [-0.05, 0) is 53.5 Å². The van der Waals surface area contributed by atoms with E-state index in [0.29, 0.717) is 16.9 Å². The topological polar surface area (TPSA) is 78.5 Å². The van der Waals surface area contributed by atoms with Crippen LogP contribution in [-0.4, -0.2) is 4.57 Å². The number of anilines is 1. The Morgan fingerprint density at radius 1 is 1.21 bits per heavy atom. The molecule has 0 radical (unpaired) electrons. The highest BCUT2D eigenvalue weighted by Gasteiger charge is 2.17. The van der Waals surface area contributed by atoms with Gasteiger partial charge >= 0.3 is 0 Å². The van der Waals surface area contributed by atoms with Gasteiger partial charge in [0.05, 0.1) is 22.9 Å². The molecule has 94 valence electrons. The second-order valence-corrected chi connectivity index (χ2v) is 5.05. The summed E-state index contributed by atoms with van der Waals surface area (Å²) in [5.74, 6) is 0.419. The quantitative estimate of drug-likeness (QED) is 0.878. The summed E-state index contributed by atoms with van der Waals surface area (Å²) in [6.07, 6.45) is 0. The molecule has 0 bridgehead atoms. The number of hydrogen-bond donors (Lipinski definition) is 1. The van der Waals surface area contributed by atoms with Crippen LogP contribution in [-0.2, 0) is 0 Å². The summed E-state index contributed by atoms with van der Waals surface area (Å²) in [6, 6.07) is 9.47. The van der Waals surface area contributed by atoms with Crippen LogP contribution in [0.5, 0.6) is 0 Å². The fourth-order valence-electron chi connectivity index (χ4n) is 2.04. The highest BCUT2D eigenvalue weighted by molar-refractivity contribution is 9.10. The van der Waals surface area contributed by atoms with Gasteiger partial charge in [-0.25, -0.2) is 0 Å². The lowest BCUT2D eigenvalue weighted by Crippen LogP contribution is -2.03. The van der Waals surface area contributed by atoms with Crippen molar-refractivity contribution in [3.8, 4) is 17.8 Å². The first-order valence-corrected chi connectivity index (χ1v) is 6.38. The average Bonchev–Trinajstić information content (AvgIpc) is 2.61. The molecular formula is C14H11BrN4. The summed E-state index contributed by atoms with van der Waals surface area (Å²) in [6.45, 7) is 3.79. The number of halogens is 1. The minimum absolute atomic E-state index is 0.419. The first-order valence-electron chi connectivity index (χ1n) is 5.58. The molecule has 0 aliphatic carbocycles. The maximum Gasteiger partial charge on any atom is 0.126 e. The number of nitrogen functional groups attached to an aromatic ring is 1. The Hall–Kier alpha value is -2.24. The summed E-state index contributed by atoms with van der Waals surface area (Å²) >= 11 is 3.44. The lowest BCUT2D eigenvalue weighted by molar-refractivity contribution is 1.01. The molecule has 1 aromatic carbocycles. The van der Waals surface area contributed by atoms with E-state index in [1.165, 1.54) is 0 Å². The first kappa shape index (κ1) is 13.2. The van der Waals surface area contributed by atoms with Crippen LogP contribution in [0.2, 0.25) is 0 Å². The molecule has 0 unspecified atom stereocenters. The highest BCUT2D eigenvalue weighted by Crippen LogP contribution is 2.31. The van der Waals surface area contributed by atoms with E-state index in [-0.39, 0.29) is 0 Å². The summed E-state index contributed by atoms with van der Waals surface area (Å²) < 4.78 is 2.58. The average molecular weight is 315 g/mol. The van der Waals surface area contributed by atoms with Gasteiger partial charge in [0.1, 0.15) is 11.9 Å². The van der Waals surface area contributed by atoms with Gasteiger partial charge in [-0.15, -0.1) is 0 Å². The molecule has 0 atom stereocenters. The molecule has 4 nitrogen and oxygen atoms in total. The maximum absolute atomic E-state index is 9.14. The van der Waals surface area contributed by atoms with Gasteiger partial charge in [-0.1, -0.05) is 0 Å². The molecule has 0 spiro atoms. The Balaban J connectivity index is 2.75. The van der Waals surface area contributed by atoms with Crippen molar-refractivity contribution >= 4 is 21.7 Å². The van der Waals surface area contributed by atoms with Gasteiger partial charge < -0.3 is 5.73 Å². The number of rotatable bonds is 1. The molecule has 0 saturated heterocycles. The maximum atomic E-state index is 9.14. The molecule has 2 rings (SSSR count). The highest BCUT2D eigenvalue weighted by atomic mass is 79.9. The molecule has 1 aromatic heterocycles. The minimum Gasteiger partial charge on any atom is -0.384 e. The van der Waals surface area contributed by atoms with E-state index in [2.05, 4.69) is 28.1 Å². The van der Waals surface area contributed by atoms with E-state index in [9.17, 15) is 0 Å². The van der Waals surface area contributed by atoms with Crippen LogP contribution in [0.15, 0.2) is 22.7 Å². The Bertz CT molecular complexity index is 744. The monoisotopic (exact) mass is 314 g/mol. The van der Waals surface area contributed by atoms with Crippen LogP contribution >= 0.6 is 15.9 Å². The van der Waals surface area contributed by atoms with Crippen LogP contribution in [0.1, 0.15) is 22.4 Å². The second-order valence-electron chi connectivity index (χ2n) is 4.20. The van der Waals surface area contributed by atoms with Crippen molar-refractivity contribution in [2.75, 3.05) is 5.73 Å². The number of nitrogens with two attached hydrogens (primary N) is 1. The molecule has 0 fully saturated rings. The van der Waals surface area contributed by atoms with E-state index in [1.54, 1.807) is 12.1 Å². The van der Waals surface area contributed by atoms with Crippen LogP contribution in [0, 0.1) is 36.5 Å². The van der Waals surface area contributed by atoms with Gasteiger partial charge in [0.25, 0.3) is 0 Å². The number of hydrogen-bond acceptors (Lipinski definition) is 3. The van der Waals surface area contributed by atoms with Crippen LogP contribution in [0.25, 0.3) is 5.69 Å². The van der Waals surface area contributed by atoms with Crippen molar-refractivity contribution in [2.45, 2.75) is 13.8 Å². The molecule has 0 aliphatic rings.